The zero-order valence-electron chi connectivity index (χ0n) is 16.6. The van der Waals surface area contributed by atoms with Crippen molar-refractivity contribution in [2.24, 2.45) is 0 Å². The number of benzene rings is 1. The largest absolute Gasteiger partial charge is 0.463 e. The predicted octanol–water partition coefficient (Wildman–Crippen LogP) is 4.58. The van der Waals surface area contributed by atoms with Gasteiger partial charge in [-0.3, -0.25) is 9.78 Å². The third-order valence-corrected chi connectivity index (χ3v) is 4.75. The second kappa shape index (κ2) is 8.27. The fourth-order valence-corrected chi connectivity index (χ4v) is 3.19. The maximum atomic E-state index is 12.5. The maximum absolute atomic E-state index is 12.5. The van der Waals surface area contributed by atoms with Crippen LogP contribution in [0.15, 0.2) is 88.4 Å². The van der Waals surface area contributed by atoms with Crippen molar-refractivity contribution in [1.82, 2.24) is 15.0 Å². The Hall–Kier alpha value is -4.59. The Balaban J connectivity index is 1.45. The van der Waals surface area contributed by atoms with E-state index < -0.39 is 5.97 Å². The molecule has 4 heterocycles. The van der Waals surface area contributed by atoms with Crippen molar-refractivity contribution in [1.29, 1.82) is 0 Å². The summed E-state index contributed by atoms with van der Waals surface area (Å²) in [7, 11) is 0. The zero-order chi connectivity index (χ0) is 21.9. The molecule has 5 aromatic rings. The first kappa shape index (κ1) is 19.4. The number of ketones is 1. The molecular weight excluding hydrogens is 410 g/mol. The van der Waals surface area contributed by atoms with Gasteiger partial charge in [-0.25, -0.2) is 14.8 Å². The van der Waals surface area contributed by atoms with E-state index in [4.69, 9.17) is 13.6 Å². The highest BCUT2D eigenvalue weighted by Crippen LogP contribution is 2.31. The monoisotopic (exact) mass is 425 g/mol. The van der Waals surface area contributed by atoms with Crippen LogP contribution in [-0.4, -0.2) is 33.3 Å². The summed E-state index contributed by atoms with van der Waals surface area (Å²) in [6.07, 6.45) is 6.11. The number of Topliss-reactive ketones (excluding diaryl/α,β-unsaturated/α-hetero) is 1. The summed E-state index contributed by atoms with van der Waals surface area (Å²) < 4.78 is 16.2. The number of ether oxygens (including phenoxy) is 1. The van der Waals surface area contributed by atoms with E-state index >= 15 is 0 Å². The summed E-state index contributed by atoms with van der Waals surface area (Å²) >= 11 is 0. The molecule has 0 aliphatic heterocycles. The molecule has 0 radical (unpaired) electrons. The van der Waals surface area contributed by atoms with Crippen molar-refractivity contribution in [3.8, 4) is 22.9 Å². The topological polar surface area (TPSA) is 108 Å². The summed E-state index contributed by atoms with van der Waals surface area (Å²) in [6, 6.07) is 15.0. The Morgan fingerprint density at radius 1 is 0.781 bits per heavy atom. The molecule has 0 unspecified atom stereocenters. The van der Waals surface area contributed by atoms with Crippen molar-refractivity contribution < 1.29 is 23.2 Å². The molecular formula is C24H15N3O5. The molecule has 32 heavy (non-hydrogen) atoms. The highest BCUT2D eigenvalue weighted by molar-refractivity contribution is 6.00. The van der Waals surface area contributed by atoms with Gasteiger partial charge in [-0.05, 0) is 54.6 Å². The molecule has 8 nitrogen and oxygen atoms in total. The number of furan rings is 2. The van der Waals surface area contributed by atoms with Crippen LogP contribution in [0, 0.1) is 0 Å². The Morgan fingerprint density at radius 2 is 1.44 bits per heavy atom. The second-order valence-electron chi connectivity index (χ2n) is 6.81. The van der Waals surface area contributed by atoms with E-state index in [1.54, 1.807) is 67.1 Å². The van der Waals surface area contributed by atoms with Gasteiger partial charge in [0.15, 0.2) is 23.9 Å². The summed E-state index contributed by atoms with van der Waals surface area (Å²) in [6.45, 7) is -0.373. The van der Waals surface area contributed by atoms with Crippen LogP contribution in [-0.2, 0) is 4.74 Å². The number of rotatable bonds is 6. The van der Waals surface area contributed by atoms with Crippen molar-refractivity contribution in [3.63, 3.8) is 0 Å². The third-order valence-electron chi connectivity index (χ3n) is 4.75. The quantitative estimate of drug-likeness (QED) is 0.287. The van der Waals surface area contributed by atoms with E-state index in [0.717, 1.165) is 0 Å². The standard InChI is InChI=1S/C24H15N3O5/c28-19(15-7-9-25-10-8-15)14-32-24(29)16-5-6-17-18(13-16)27-23(21-4-2-12-31-21)22(26-17)20-3-1-11-30-20/h1-13H,14H2. The van der Waals surface area contributed by atoms with Gasteiger partial charge in [0, 0.05) is 18.0 Å². The SMILES string of the molecule is O=C(COC(=O)c1ccc2nc(-c3ccco3)c(-c3ccco3)nc2c1)c1ccncc1. The minimum absolute atomic E-state index is 0.255. The molecule has 0 aliphatic carbocycles. The number of carbonyl (C=O) groups is 2. The normalized spacial score (nSPS) is 10.9. The Morgan fingerprint density at radius 3 is 2.06 bits per heavy atom. The molecule has 5 rings (SSSR count). The molecule has 0 fully saturated rings. The van der Waals surface area contributed by atoms with Crippen LogP contribution < -0.4 is 0 Å². The van der Waals surface area contributed by atoms with Gasteiger partial charge in [0.1, 0.15) is 11.4 Å². The van der Waals surface area contributed by atoms with Crippen molar-refractivity contribution in [2.75, 3.05) is 6.61 Å². The Bertz CT molecular complexity index is 1390. The van der Waals surface area contributed by atoms with Crippen molar-refractivity contribution in [3.05, 3.63) is 90.6 Å². The fourth-order valence-electron chi connectivity index (χ4n) is 3.19. The zero-order valence-corrected chi connectivity index (χ0v) is 16.6. The maximum Gasteiger partial charge on any atom is 0.338 e. The van der Waals surface area contributed by atoms with Gasteiger partial charge >= 0.3 is 5.97 Å². The molecule has 4 aromatic heterocycles. The van der Waals surface area contributed by atoms with Crippen molar-refractivity contribution in [2.45, 2.75) is 0 Å². The van der Waals surface area contributed by atoms with Crippen LogP contribution in [0.2, 0.25) is 0 Å². The number of carbonyl (C=O) groups excluding carboxylic acids is 2. The van der Waals surface area contributed by atoms with Crippen molar-refractivity contribution >= 4 is 22.8 Å². The first-order chi connectivity index (χ1) is 15.7. The van der Waals surface area contributed by atoms with Gasteiger partial charge in [0.2, 0.25) is 0 Å². The smallest absolute Gasteiger partial charge is 0.338 e. The van der Waals surface area contributed by atoms with Crippen LogP contribution in [0.3, 0.4) is 0 Å². The number of hydrogen-bond acceptors (Lipinski definition) is 8. The third kappa shape index (κ3) is 3.77. The molecule has 0 aliphatic rings. The van der Waals surface area contributed by atoms with Gasteiger partial charge < -0.3 is 13.6 Å². The lowest BCUT2D eigenvalue weighted by atomic mass is 10.1. The van der Waals surface area contributed by atoms with E-state index in [1.807, 2.05) is 0 Å². The molecule has 0 N–H and O–H groups in total. The summed E-state index contributed by atoms with van der Waals surface area (Å²) in [4.78, 5) is 37.9. The average molecular weight is 425 g/mol. The lowest BCUT2D eigenvalue weighted by Gasteiger charge is -2.08. The first-order valence-corrected chi connectivity index (χ1v) is 9.69. The van der Waals surface area contributed by atoms with E-state index in [2.05, 4.69) is 15.0 Å². The molecule has 8 heteroatoms. The molecule has 0 saturated carbocycles. The van der Waals surface area contributed by atoms with E-state index in [9.17, 15) is 9.59 Å². The van der Waals surface area contributed by atoms with Gasteiger partial charge in [0.05, 0.1) is 29.1 Å². The lowest BCUT2D eigenvalue weighted by Crippen LogP contribution is -2.14. The average Bonchev–Trinajstić information content (AvgIpc) is 3.56. The van der Waals surface area contributed by atoms with Crippen LogP contribution in [0.1, 0.15) is 20.7 Å². The Kier molecular flexibility index (Phi) is 5.01. The molecule has 0 atom stereocenters. The number of hydrogen-bond donors (Lipinski definition) is 0. The van der Waals surface area contributed by atoms with Crippen LogP contribution in [0.4, 0.5) is 0 Å². The summed E-state index contributed by atoms with van der Waals surface area (Å²) in [5, 5.41) is 0. The fraction of sp³-hybridized carbons (Fsp3) is 0.0417. The van der Waals surface area contributed by atoms with Gasteiger partial charge in [-0.1, -0.05) is 0 Å². The Labute approximate surface area is 181 Å². The van der Waals surface area contributed by atoms with E-state index in [0.29, 0.717) is 39.5 Å². The molecule has 0 amide bonds. The van der Waals surface area contributed by atoms with Gasteiger partial charge in [0.25, 0.3) is 0 Å². The summed E-state index contributed by atoms with van der Waals surface area (Å²) in [5.41, 5.74) is 2.72. The number of esters is 1. The number of aromatic nitrogens is 3. The number of nitrogens with zero attached hydrogens (tertiary/aromatic N) is 3. The van der Waals surface area contributed by atoms with Crippen LogP contribution >= 0.6 is 0 Å². The van der Waals surface area contributed by atoms with Crippen LogP contribution in [0.5, 0.6) is 0 Å². The molecule has 1 aromatic carbocycles. The van der Waals surface area contributed by atoms with E-state index in [-0.39, 0.29) is 18.0 Å². The molecule has 156 valence electrons. The minimum atomic E-state index is -0.634. The highest BCUT2D eigenvalue weighted by atomic mass is 16.5. The summed E-state index contributed by atoms with van der Waals surface area (Å²) in [5.74, 6) is 0.112. The van der Waals surface area contributed by atoms with Gasteiger partial charge in [-0.2, -0.15) is 0 Å². The minimum Gasteiger partial charge on any atom is -0.463 e. The molecule has 0 spiro atoms. The predicted molar refractivity (Wildman–Crippen MR) is 114 cm³/mol. The first-order valence-electron chi connectivity index (χ1n) is 9.69. The van der Waals surface area contributed by atoms with Gasteiger partial charge in [-0.15, -0.1) is 0 Å². The number of fused-ring (bicyclic) bond motifs is 1. The second-order valence-corrected chi connectivity index (χ2v) is 6.81. The number of pyridine rings is 1. The molecule has 0 bridgehead atoms. The van der Waals surface area contributed by atoms with Crippen LogP contribution in [0.25, 0.3) is 33.9 Å². The van der Waals surface area contributed by atoms with E-state index in [1.165, 1.54) is 12.4 Å². The highest BCUT2D eigenvalue weighted by Gasteiger charge is 2.19. The lowest BCUT2D eigenvalue weighted by molar-refractivity contribution is 0.0475. The molecule has 0 saturated heterocycles.